The number of carbonyl (C=O) groups is 2. The first-order valence-corrected chi connectivity index (χ1v) is 8.65. The molecule has 2 amide bonds. The van der Waals surface area contributed by atoms with Crippen molar-refractivity contribution in [2.24, 2.45) is 0 Å². The normalized spacial score (nSPS) is 16.7. The summed E-state index contributed by atoms with van der Waals surface area (Å²) in [5.41, 5.74) is 0.514. The third-order valence-electron chi connectivity index (χ3n) is 4.11. The minimum absolute atomic E-state index is 0.0372. The van der Waals surface area contributed by atoms with Gasteiger partial charge >= 0.3 is 0 Å². The van der Waals surface area contributed by atoms with Gasteiger partial charge in [-0.3, -0.25) is 9.59 Å². The van der Waals surface area contributed by atoms with Gasteiger partial charge in [-0.2, -0.15) is 0 Å². The number of nitrogens with one attached hydrogen (secondary N) is 1. The molecular formula is C19H18ClFN2O3. The molecule has 5 nitrogen and oxygen atoms in total. The third-order valence-corrected chi connectivity index (χ3v) is 4.42. The number of ether oxygens (including phenoxy) is 1. The Labute approximate surface area is 155 Å². The van der Waals surface area contributed by atoms with Gasteiger partial charge in [0.15, 0.2) is 0 Å². The lowest BCUT2D eigenvalue weighted by Crippen LogP contribution is -2.37. The van der Waals surface area contributed by atoms with Gasteiger partial charge in [0.2, 0.25) is 5.91 Å². The lowest BCUT2D eigenvalue weighted by Gasteiger charge is -2.18. The number of hydrogen-bond acceptors (Lipinski definition) is 3. The number of anilines is 1. The largest absolute Gasteiger partial charge is 0.494 e. The maximum absolute atomic E-state index is 13.9. The van der Waals surface area contributed by atoms with Gasteiger partial charge in [-0.25, -0.2) is 4.39 Å². The summed E-state index contributed by atoms with van der Waals surface area (Å²) in [4.78, 5) is 26.2. The predicted molar refractivity (Wildman–Crippen MR) is 97.2 cm³/mol. The molecule has 1 fully saturated rings. The molecule has 136 valence electrons. The van der Waals surface area contributed by atoms with E-state index in [2.05, 4.69) is 5.32 Å². The van der Waals surface area contributed by atoms with Crippen LogP contribution in [0.25, 0.3) is 0 Å². The minimum atomic E-state index is -0.692. The number of hydrogen-bond donors (Lipinski definition) is 1. The summed E-state index contributed by atoms with van der Waals surface area (Å²) in [7, 11) is 0. The standard InChI is InChI=1S/C19H18ClFN2O3/c1-2-26-14-8-6-13(7-9-14)23-11-12(10-17(23)24)22-19(25)18-15(20)4-3-5-16(18)21/h3-9,12H,2,10-11H2,1H3,(H,22,25)/t12-/m0/s1. The van der Waals surface area contributed by atoms with E-state index in [-0.39, 0.29) is 22.9 Å². The molecule has 3 rings (SSSR count). The Morgan fingerprint density at radius 3 is 2.69 bits per heavy atom. The van der Waals surface area contributed by atoms with Crippen LogP contribution in [0.2, 0.25) is 5.02 Å². The quantitative estimate of drug-likeness (QED) is 0.870. The van der Waals surface area contributed by atoms with E-state index in [1.165, 1.54) is 18.2 Å². The van der Waals surface area contributed by atoms with Gasteiger partial charge in [0.25, 0.3) is 5.91 Å². The molecular weight excluding hydrogens is 359 g/mol. The van der Waals surface area contributed by atoms with Crippen molar-refractivity contribution < 1.29 is 18.7 Å². The summed E-state index contributed by atoms with van der Waals surface area (Å²) >= 11 is 5.91. The lowest BCUT2D eigenvalue weighted by atomic mass is 10.1. The molecule has 1 saturated heterocycles. The summed E-state index contributed by atoms with van der Waals surface area (Å²) in [6.07, 6.45) is 0.144. The van der Waals surface area contributed by atoms with Crippen LogP contribution in [0.3, 0.4) is 0 Å². The first-order chi connectivity index (χ1) is 12.5. The van der Waals surface area contributed by atoms with Crippen molar-refractivity contribution >= 4 is 29.1 Å². The maximum Gasteiger partial charge on any atom is 0.256 e. The van der Waals surface area contributed by atoms with Gasteiger partial charge in [0.1, 0.15) is 11.6 Å². The van der Waals surface area contributed by atoms with Gasteiger partial charge in [-0.15, -0.1) is 0 Å². The summed E-state index contributed by atoms with van der Waals surface area (Å²) < 4.78 is 19.2. The van der Waals surface area contributed by atoms with Crippen LogP contribution in [0, 0.1) is 5.82 Å². The zero-order chi connectivity index (χ0) is 18.7. The molecule has 1 atom stereocenters. The average Bonchev–Trinajstić information content (AvgIpc) is 2.96. The molecule has 2 aromatic carbocycles. The topological polar surface area (TPSA) is 58.6 Å². The molecule has 7 heteroatoms. The maximum atomic E-state index is 13.9. The summed E-state index contributed by atoms with van der Waals surface area (Å²) in [5, 5.41) is 2.73. The Kier molecular flexibility index (Phi) is 5.42. The number of halogens is 2. The van der Waals surface area contributed by atoms with Gasteiger partial charge in [0.05, 0.1) is 23.2 Å². The van der Waals surface area contributed by atoms with E-state index in [1.807, 2.05) is 6.92 Å². The van der Waals surface area contributed by atoms with Crippen molar-refractivity contribution in [3.8, 4) is 5.75 Å². The second-order valence-corrected chi connectivity index (χ2v) is 6.31. The Balaban J connectivity index is 1.69. The smallest absolute Gasteiger partial charge is 0.256 e. The van der Waals surface area contributed by atoms with Crippen molar-refractivity contribution in [2.75, 3.05) is 18.1 Å². The predicted octanol–water partition coefficient (Wildman–Crippen LogP) is 3.41. The molecule has 1 heterocycles. The zero-order valence-corrected chi connectivity index (χ0v) is 14.9. The second kappa shape index (κ2) is 7.74. The third kappa shape index (κ3) is 3.80. The van der Waals surface area contributed by atoms with E-state index >= 15 is 0 Å². The molecule has 0 aliphatic carbocycles. The van der Waals surface area contributed by atoms with Crippen molar-refractivity contribution in [1.82, 2.24) is 5.32 Å². The molecule has 0 bridgehead atoms. The Morgan fingerprint density at radius 1 is 1.31 bits per heavy atom. The van der Waals surface area contributed by atoms with Crippen LogP contribution in [0.5, 0.6) is 5.75 Å². The van der Waals surface area contributed by atoms with Crippen molar-refractivity contribution in [3.05, 3.63) is 58.9 Å². The molecule has 0 unspecified atom stereocenters. The number of carbonyl (C=O) groups excluding carboxylic acids is 2. The second-order valence-electron chi connectivity index (χ2n) is 5.90. The summed E-state index contributed by atoms with van der Waals surface area (Å²) in [6.45, 7) is 2.77. The molecule has 2 aromatic rings. The monoisotopic (exact) mass is 376 g/mol. The van der Waals surface area contributed by atoms with Gasteiger partial charge in [-0.1, -0.05) is 17.7 Å². The Morgan fingerprint density at radius 2 is 2.04 bits per heavy atom. The molecule has 0 saturated carbocycles. The SMILES string of the molecule is CCOc1ccc(N2C[C@@H](NC(=O)c3c(F)cccc3Cl)CC2=O)cc1. The van der Waals surface area contributed by atoms with Gasteiger partial charge < -0.3 is 15.0 Å². The lowest BCUT2D eigenvalue weighted by molar-refractivity contribution is -0.117. The van der Waals surface area contributed by atoms with Crippen molar-refractivity contribution in [1.29, 1.82) is 0 Å². The molecule has 26 heavy (non-hydrogen) atoms. The highest BCUT2D eigenvalue weighted by Crippen LogP contribution is 2.25. The van der Waals surface area contributed by atoms with Gasteiger partial charge in [-0.05, 0) is 43.3 Å². The fourth-order valence-electron chi connectivity index (χ4n) is 2.92. The summed E-state index contributed by atoms with van der Waals surface area (Å²) in [5.74, 6) is -0.705. The van der Waals surface area contributed by atoms with Crippen LogP contribution in [-0.4, -0.2) is 31.0 Å². The van der Waals surface area contributed by atoms with Crippen LogP contribution >= 0.6 is 11.6 Å². The number of amides is 2. The molecule has 1 N–H and O–H groups in total. The van der Waals surface area contributed by atoms with E-state index in [4.69, 9.17) is 16.3 Å². The number of rotatable bonds is 5. The Bertz CT molecular complexity index is 806. The highest BCUT2D eigenvalue weighted by Gasteiger charge is 2.32. The number of nitrogens with zero attached hydrogens (tertiary/aromatic N) is 1. The van der Waals surface area contributed by atoms with Gasteiger partial charge in [0, 0.05) is 18.7 Å². The van der Waals surface area contributed by atoms with Crippen LogP contribution in [0.15, 0.2) is 42.5 Å². The average molecular weight is 377 g/mol. The van der Waals surface area contributed by atoms with Crippen LogP contribution in [-0.2, 0) is 4.79 Å². The minimum Gasteiger partial charge on any atom is -0.494 e. The Hall–Kier alpha value is -2.60. The zero-order valence-electron chi connectivity index (χ0n) is 14.2. The highest BCUT2D eigenvalue weighted by atomic mass is 35.5. The molecule has 0 spiro atoms. The van der Waals surface area contributed by atoms with Crippen molar-refractivity contribution in [2.45, 2.75) is 19.4 Å². The molecule has 1 aliphatic rings. The van der Waals surface area contributed by atoms with E-state index in [9.17, 15) is 14.0 Å². The fraction of sp³-hybridized carbons (Fsp3) is 0.263. The first kappa shape index (κ1) is 18.2. The van der Waals surface area contributed by atoms with Crippen molar-refractivity contribution in [3.63, 3.8) is 0 Å². The molecule has 0 radical (unpaired) electrons. The van der Waals surface area contributed by atoms with E-state index in [0.29, 0.717) is 13.2 Å². The highest BCUT2D eigenvalue weighted by molar-refractivity contribution is 6.33. The van der Waals surface area contributed by atoms with E-state index in [0.717, 1.165) is 11.4 Å². The summed E-state index contributed by atoms with van der Waals surface area (Å²) in [6, 6.07) is 10.8. The van der Waals surface area contributed by atoms with Crippen LogP contribution < -0.4 is 15.0 Å². The molecule has 1 aliphatic heterocycles. The van der Waals surface area contributed by atoms with Crippen LogP contribution in [0.4, 0.5) is 10.1 Å². The van der Waals surface area contributed by atoms with E-state index < -0.39 is 17.8 Å². The molecule has 0 aromatic heterocycles. The van der Waals surface area contributed by atoms with Crippen LogP contribution in [0.1, 0.15) is 23.7 Å². The number of benzene rings is 2. The van der Waals surface area contributed by atoms with E-state index in [1.54, 1.807) is 29.2 Å². The fourth-order valence-corrected chi connectivity index (χ4v) is 3.16. The first-order valence-electron chi connectivity index (χ1n) is 8.27.